The molecule has 3 rings (SSSR count). The predicted octanol–water partition coefficient (Wildman–Crippen LogP) is 0.788. The quantitative estimate of drug-likeness (QED) is 0.601. The smallest absolute Gasteiger partial charge is 0.261 e. The lowest BCUT2D eigenvalue weighted by molar-refractivity contribution is 0.0642. The fourth-order valence-corrected chi connectivity index (χ4v) is 2.00. The number of nitrogens with zero attached hydrogens (tertiary/aromatic N) is 2. The molecule has 0 aliphatic carbocycles. The second-order valence-electron chi connectivity index (χ2n) is 4.11. The number of rotatable bonds is 2. The zero-order chi connectivity index (χ0) is 12.7. The summed E-state index contributed by atoms with van der Waals surface area (Å²) in [5.74, 6) is -0.611. The van der Waals surface area contributed by atoms with Crippen molar-refractivity contribution in [3.05, 3.63) is 47.3 Å². The number of aromatic amines is 1. The highest BCUT2D eigenvalue weighted by Gasteiger charge is 2.35. The summed E-state index contributed by atoms with van der Waals surface area (Å²) in [5, 5.41) is 6.43. The number of imide groups is 1. The van der Waals surface area contributed by atoms with Crippen LogP contribution in [0.5, 0.6) is 0 Å². The van der Waals surface area contributed by atoms with Gasteiger partial charge in [-0.1, -0.05) is 0 Å². The molecule has 2 heterocycles. The van der Waals surface area contributed by atoms with Gasteiger partial charge in [0.05, 0.1) is 23.9 Å². The lowest BCUT2D eigenvalue weighted by Crippen LogP contribution is -2.28. The minimum atomic E-state index is -0.316. The number of aromatic nitrogens is 2. The van der Waals surface area contributed by atoms with Crippen molar-refractivity contribution in [2.45, 2.75) is 6.54 Å². The molecule has 0 radical (unpaired) electrons. The second kappa shape index (κ2) is 3.69. The van der Waals surface area contributed by atoms with E-state index < -0.39 is 0 Å². The molecular formula is C12H10N4O2. The number of H-pyrrole nitrogens is 1. The zero-order valence-electron chi connectivity index (χ0n) is 9.38. The summed E-state index contributed by atoms with van der Waals surface area (Å²) < 4.78 is 0. The fraction of sp³-hybridized carbons (Fsp3) is 0.0833. The van der Waals surface area contributed by atoms with E-state index in [1.807, 2.05) is 0 Å². The molecule has 0 fully saturated rings. The van der Waals surface area contributed by atoms with Gasteiger partial charge in [-0.15, -0.1) is 0 Å². The van der Waals surface area contributed by atoms with Crippen LogP contribution in [0.25, 0.3) is 0 Å². The van der Waals surface area contributed by atoms with E-state index >= 15 is 0 Å². The van der Waals surface area contributed by atoms with E-state index in [9.17, 15) is 9.59 Å². The Morgan fingerprint density at radius 1 is 1.22 bits per heavy atom. The van der Waals surface area contributed by atoms with Gasteiger partial charge in [-0.05, 0) is 18.2 Å². The molecule has 18 heavy (non-hydrogen) atoms. The number of nitrogens with one attached hydrogen (secondary N) is 1. The monoisotopic (exact) mass is 242 g/mol. The first-order valence-electron chi connectivity index (χ1n) is 5.40. The van der Waals surface area contributed by atoms with Gasteiger partial charge in [0.2, 0.25) is 0 Å². The number of benzene rings is 1. The van der Waals surface area contributed by atoms with E-state index in [2.05, 4.69) is 10.2 Å². The van der Waals surface area contributed by atoms with Crippen molar-refractivity contribution in [3.63, 3.8) is 0 Å². The van der Waals surface area contributed by atoms with Crippen molar-refractivity contribution >= 4 is 17.5 Å². The summed E-state index contributed by atoms with van der Waals surface area (Å²) >= 11 is 0. The molecule has 0 saturated carbocycles. The van der Waals surface area contributed by atoms with Crippen LogP contribution in [0.3, 0.4) is 0 Å². The first-order chi connectivity index (χ1) is 8.66. The maximum atomic E-state index is 12.1. The summed E-state index contributed by atoms with van der Waals surface area (Å²) in [4.78, 5) is 25.4. The van der Waals surface area contributed by atoms with Crippen LogP contribution in [-0.4, -0.2) is 26.9 Å². The number of hydrogen-bond donors (Lipinski definition) is 2. The first-order valence-corrected chi connectivity index (χ1v) is 5.40. The van der Waals surface area contributed by atoms with Crippen LogP contribution in [0, 0.1) is 0 Å². The minimum absolute atomic E-state index is 0.211. The molecule has 1 aliphatic heterocycles. The van der Waals surface area contributed by atoms with E-state index in [1.165, 1.54) is 11.0 Å². The Kier molecular flexibility index (Phi) is 2.16. The Hall–Kier alpha value is -2.63. The van der Waals surface area contributed by atoms with E-state index in [-0.39, 0.29) is 18.4 Å². The molecule has 0 atom stereocenters. The SMILES string of the molecule is Nc1ccc2c(c1)C(=O)N(Cc1cn[nH]c1)C2=O. The van der Waals surface area contributed by atoms with Gasteiger partial charge in [-0.2, -0.15) is 5.10 Å². The van der Waals surface area contributed by atoms with Gasteiger partial charge >= 0.3 is 0 Å². The van der Waals surface area contributed by atoms with Gasteiger partial charge in [0, 0.05) is 17.4 Å². The third kappa shape index (κ3) is 1.46. The van der Waals surface area contributed by atoms with Crippen LogP contribution in [0.15, 0.2) is 30.6 Å². The van der Waals surface area contributed by atoms with Gasteiger partial charge < -0.3 is 5.73 Å². The Balaban J connectivity index is 1.97. The van der Waals surface area contributed by atoms with Gasteiger partial charge in [-0.3, -0.25) is 19.6 Å². The molecule has 0 unspecified atom stereocenters. The van der Waals surface area contributed by atoms with Crippen molar-refractivity contribution in [1.82, 2.24) is 15.1 Å². The molecule has 0 spiro atoms. The largest absolute Gasteiger partial charge is 0.399 e. The number of anilines is 1. The molecule has 0 saturated heterocycles. The number of carbonyl (C=O) groups is 2. The molecule has 2 aromatic rings. The third-order valence-electron chi connectivity index (χ3n) is 2.89. The highest BCUT2D eigenvalue weighted by Crippen LogP contribution is 2.25. The summed E-state index contributed by atoms with van der Waals surface area (Å²) in [6.45, 7) is 0.211. The maximum Gasteiger partial charge on any atom is 0.261 e. The second-order valence-corrected chi connectivity index (χ2v) is 4.11. The number of nitrogen functional groups attached to an aromatic ring is 1. The van der Waals surface area contributed by atoms with Crippen molar-refractivity contribution < 1.29 is 9.59 Å². The molecule has 1 aliphatic rings. The topological polar surface area (TPSA) is 92.1 Å². The van der Waals surface area contributed by atoms with Crippen LogP contribution in [-0.2, 0) is 6.54 Å². The molecule has 3 N–H and O–H groups in total. The van der Waals surface area contributed by atoms with E-state index in [0.717, 1.165) is 5.56 Å². The summed E-state index contributed by atoms with van der Waals surface area (Å²) in [6, 6.07) is 4.73. The third-order valence-corrected chi connectivity index (χ3v) is 2.89. The van der Waals surface area contributed by atoms with E-state index in [1.54, 1.807) is 24.5 Å². The summed E-state index contributed by atoms with van der Waals surface area (Å²) in [5.41, 5.74) is 7.64. The fourth-order valence-electron chi connectivity index (χ4n) is 2.00. The normalized spacial score (nSPS) is 14.1. The highest BCUT2D eigenvalue weighted by molar-refractivity contribution is 6.21. The lowest BCUT2D eigenvalue weighted by Gasteiger charge is -2.11. The number of fused-ring (bicyclic) bond motifs is 1. The van der Waals surface area contributed by atoms with Crippen molar-refractivity contribution in [2.75, 3.05) is 5.73 Å². The van der Waals surface area contributed by atoms with Crippen LogP contribution in [0.2, 0.25) is 0 Å². The van der Waals surface area contributed by atoms with Gasteiger partial charge in [0.1, 0.15) is 0 Å². The van der Waals surface area contributed by atoms with Crippen LogP contribution in [0.4, 0.5) is 5.69 Å². The zero-order valence-corrected chi connectivity index (χ0v) is 9.38. The molecule has 2 amide bonds. The molecule has 6 nitrogen and oxygen atoms in total. The van der Waals surface area contributed by atoms with Crippen molar-refractivity contribution in [3.8, 4) is 0 Å². The van der Waals surface area contributed by atoms with Gasteiger partial charge in [0.15, 0.2) is 0 Å². The van der Waals surface area contributed by atoms with Crippen molar-refractivity contribution in [1.29, 1.82) is 0 Å². The van der Waals surface area contributed by atoms with Crippen LogP contribution < -0.4 is 5.73 Å². The Labute approximate surface area is 102 Å². The Bertz CT molecular complexity index is 634. The molecule has 0 bridgehead atoms. The van der Waals surface area contributed by atoms with Crippen molar-refractivity contribution in [2.24, 2.45) is 0 Å². The highest BCUT2D eigenvalue weighted by atomic mass is 16.2. The van der Waals surface area contributed by atoms with E-state index in [0.29, 0.717) is 16.8 Å². The van der Waals surface area contributed by atoms with Crippen LogP contribution in [0.1, 0.15) is 26.3 Å². The summed E-state index contributed by atoms with van der Waals surface area (Å²) in [7, 11) is 0. The molecular weight excluding hydrogens is 232 g/mol. The average Bonchev–Trinajstić information content (AvgIpc) is 2.93. The molecule has 1 aromatic carbocycles. The first kappa shape index (κ1) is 10.5. The van der Waals surface area contributed by atoms with Gasteiger partial charge in [0.25, 0.3) is 11.8 Å². The maximum absolute atomic E-state index is 12.1. The average molecular weight is 242 g/mol. The Morgan fingerprint density at radius 3 is 2.72 bits per heavy atom. The standard InChI is InChI=1S/C12H10N4O2/c13-8-1-2-9-10(3-8)12(18)16(11(9)17)6-7-4-14-15-5-7/h1-5H,6,13H2,(H,14,15). The molecule has 1 aromatic heterocycles. The number of carbonyl (C=O) groups excluding carboxylic acids is 2. The van der Waals surface area contributed by atoms with Gasteiger partial charge in [-0.25, -0.2) is 0 Å². The number of nitrogens with two attached hydrogens (primary N) is 1. The van der Waals surface area contributed by atoms with E-state index in [4.69, 9.17) is 5.73 Å². The predicted molar refractivity (Wildman–Crippen MR) is 63.6 cm³/mol. The molecule has 6 heteroatoms. The lowest BCUT2D eigenvalue weighted by atomic mass is 10.1. The number of amides is 2. The van der Waals surface area contributed by atoms with Crippen LogP contribution >= 0.6 is 0 Å². The Morgan fingerprint density at radius 2 is 2.00 bits per heavy atom. The molecule has 90 valence electrons. The minimum Gasteiger partial charge on any atom is -0.399 e. The summed E-state index contributed by atoms with van der Waals surface area (Å²) in [6.07, 6.45) is 3.23. The number of hydrogen-bond acceptors (Lipinski definition) is 4.